The zero-order valence-corrected chi connectivity index (χ0v) is 8.59. The van der Waals surface area contributed by atoms with Crippen LogP contribution in [-0.4, -0.2) is 13.1 Å². The van der Waals surface area contributed by atoms with Crippen LogP contribution in [0.5, 0.6) is 0 Å². The third-order valence-electron chi connectivity index (χ3n) is 2.18. The molecule has 1 unspecified atom stereocenters. The van der Waals surface area contributed by atoms with Crippen molar-refractivity contribution < 1.29 is 0 Å². The average Bonchev–Trinajstić information content (AvgIpc) is 2.32. The molecule has 72 valence electrons. The van der Waals surface area contributed by atoms with Crippen molar-refractivity contribution in [2.24, 2.45) is 5.92 Å². The molecule has 1 atom stereocenters. The van der Waals surface area contributed by atoms with Crippen LogP contribution in [0.2, 0.25) is 0 Å². The van der Waals surface area contributed by atoms with E-state index in [1.807, 2.05) is 0 Å². The molecule has 0 saturated heterocycles. The Kier molecular flexibility index (Phi) is 4.55. The summed E-state index contributed by atoms with van der Waals surface area (Å²) in [7, 11) is 0. The van der Waals surface area contributed by atoms with E-state index in [1.165, 1.54) is 5.57 Å². The standard InChI is InChI=1S/C12H19N/c1-3-13-10-9-12-6-4-5-11(2)7-8-12/h4-8,11,13H,3,9-10H2,1-2H3. The Labute approximate surface area is 81.2 Å². The van der Waals surface area contributed by atoms with Crippen LogP contribution in [0.15, 0.2) is 36.0 Å². The maximum absolute atomic E-state index is 3.33. The summed E-state index contributed by atoms with van der Waals surface area (Å²) in [6.07, 6.45) is 12.2. The smallest absolute Gasteiger partial charge is 0.000847 e. The molecule has 0 amide bonds. The quantitative estimate of drug-likeness (QED) is 0.651. The van der Waals surface area contributed by atoms with E-state index in [9.17, 15) is 0 Å². The highest BCUT2D eigenvalue weighted by molar-refractivity contribution is 5.28. The Hall–Kier alpha value is -0.820. The lowest BCUT2D eigenvalue weighted by atomic mass is 10.1. The van der Waals surface area contributed by atoms with Crippen LogP contribution in [-0.2, 0) is 0 Å². The molecular weight excluding hydrogens is 158 g/mol. The fourth-order valence-corrected chi connectivity index (χ4v) is 1.33. The average molecular weight is 177 g/mol. The van der Waals surface area contributed by atoms with Gasteiger partial charge in [-0.05, 0) is 31.0 Å². The van der Waals surface area contributed by atoms with Crippen molar-refractivity contribution in [3.05, 3.63) is 36.0 Å². The lowest BCUT2D eigenvalue weighted by molar-refractivity contribution is 0.718. The SMILES string of the molecule is CCNCCC1=CC=CC(C)C=C1. The molecule has 0 saturated carbocycles. The number of hydrogen-bond acceptors (Lipinski definition) is 1. The molecule has 13 heavy (non-hydrogen) atoms. The van der Waals surface area contributed by atoms with Gasteiger partial charge in [0, 0.05) is 0 Å². The molecule has 0 fully saturated rings. The molecule has 1 aliphatic rings. The van der Waals surface area contributed by atoms with Crippen LogP contribution in [0.4, 0.5) is 0 Å². The zero-order chi connectivity index (χ0) is 9.52. The first-order chi connectivity index (χ1) is 6.33. The number of allylic oxidation sites excluding steroid dienone is 5. The van der Waals surface area contributed by atoms with E-state index in [0.717, 1.165) is 19.5 Å². The lowest BCUT2D eigenvalue weighted by Gasteiger charge is -2.01. The number of rotatable bonds is 4. The summed E-state index contributed by atoms with van der Waals surface area (Å²) >= 11 is 0. The summed E-state index contributed by atoms with van der Waals surface area (Å²) in [5.41, 5.74) is 1.42. The van der Waals surface area contributed by atoms with Crippen LogP contribution >= 0.6 is 0 Å². The molecule has 0 spiro atoms. The summed E-state index contributed by atoms with van der Waals surface area (Å²) in [5.74, 6) is 0.577. The molecular formula is C12H19N. The number of nitrogens with one attached hydrogen (secondary N) is 1. The Balaban J connectivity index is 2.37. The van der Waals surface area contributed by atoms with Crippen molar-refractivity contribution >= 4 is 0 Å². The molecule has 0 heterocycles. The zero-order valence-electron chi connectivity index (χ0n) is 8.59. The fraction of sp³-hybridized carbons (Fsp3) is 0.500. The van der Waals surface area contributed by atoms with Crippen molar-refractivity contribution in [2.75, 3.05) is 13.1 Å². The van der Waals surface area contributed by atoms with Gasteiger partial charge in [0.05, 0.1) is 0 Å². The van der Waals surface area contributed by atoms with E-state index in [-0.39, 0.29) is 0 Å². The predicted octanol–water partition coefficient (Wildman–Crippen LogP) is 2.67. The molecule has 1 heteroatoms. The first kappa shape index (κ1) is 10.3. The Morgan fingerprint density at radius 3 is 3.00 bits per heavy atom. The van der Waals surface area contributed by atoms with Crippen LogP contribution in [0.3, 0.4) is 0 Å². The van der Waals surface area contributed by atoms with E-state index in [2.05, 4.69) is 49.5 Å². The monoisotopic (exact) mass is 177 g/mol. The largest absolute Gasteiger partial charge is 0.317 e. The minimum Gasteiger partial charge on any atom is -0.317 e. The predicted molar refractivity (Wildman–Crippen MR) is 58.7 cm³/mol. The van der Waals surface area contributed by atoms with Gasteiger partial charge in [0.25, 0.3) is 0 Å². The third kappa shape index (κ3) is 4.09. The van der Waals surface area contributed by atoms with Gasteiger partial charge in [0.1, 0.15) is 0 Å². The molecule has 0 radical (unpaired) electrons. The third-order valence-corrected chi connectivity index (χ3v) is 2.18. The van der Waals surface area contributed by atoms with Gasteiger partial charge in [-0.25, -0.2) is 0 Å². The highest BCUT2D eigenvalue weighted by Gasteiger charge is 1.96. The normalized spacial score (nSPS) is 21.4. The minimum absolute atomic E-state index is 0.577. The van der Waals surface area contributed by atoms with E-state index >= 15 is 0 Å². The maximum Gasteiger partial charge on any atom is -0.000847 e. The second-order valence-electron chi connectivity index (χ2n) is 3.45. The van der Waals surface area contributed by atoms with E-state index < -0.39 is 0 Å². The first-order valence-corrected chi connectivity index (χ1v) is 5.09. The van der Waals surface area contributed by atoms with Gasteiger partial charge in [0.15, 0.2) is 0 Å². The van der Waals surface area contributed by atoms with Crippen molar-refractivity contribution in [1.29, 1.82) is 0 Å². The summed E-state index contributed by atoms with van der Waals surface area (Å²) in [4.78, 5) is 0. The Morgan fingerprint density at radius 1 is 1.38 bits per heavy atom. The molecule has 1 nitrogen and oxygen atoms in total. The molecule has 0 bridgehead atoms. The van der Waals surface area contributed by atoms with Gasteiger partial charge >= 0.3 is 0 Å². The summed E-state index contributed by atoms with van der Waals surface area (Å²) in [6.45, 7) is 6.48. The van der Waals surface area contributed by atoms with Crippen molar-refractivity contribution in [3.63, 3.8) is 0 Å². The van der Waals surface area contributed by atoms with Gasteiger partial charge < -0.3 is 5.32 Å². The van der Waals surface area contributed by atoms with Crippen molar-refractivity contribution in [3.8, 4) is 0 Å². The van der Waals surface area contributed by atoms with Gasteiger partial charge in [-0.3, -0.25) is 0 Å². The topological polar surface area (TPSA) is 12.0 Å². The van der Waals surface area contributed by atoms with Crippen LogP contribution in [0, 0.1) is 5.92 Å². The second-order valence-corrected chi connectivity index (χ2v) is 3.45. The van der Waals surface area contributed by atoms with Crippen LogP contribution < -0.4 is 5.32 Å². The van der Waals surface area contributed by atoms with Gasteiger partial charge in [-0.2, -0.15) is 0 Å². The molecule has 0 aliphatic heterocycles. The van der Waals surface area contributed by atoms with Gasteiger partial charge in [-0.1, -0.05) is 44.2 Å². The second kappa shape index (κ2) is 5.76. The molecule has 0 aromatic heterocycles. The fourth-order valence-electron chi connectivity index (χ4n) is 1.33. The molecule has 1 N–H and O–H groups in total. The Bertz CT molecular complexity index is 223. The van der Waals surface area contributed by atoms with E-state index in [1.54, 1.807) is 0 Å². The summed E-state index contributed by atoms with van der Waals surface area (Å²) < 4.78 is 0. The van der Waals surface area contributed by atoms with Crippen LogP contribution in [0.25, 0.3) is 0 Å². The maximum atomic E-state index is 3.33. The summed E-state index contributed by atoms with van der Waals surface area (Å²) in [5, 5.41) is 3.33. The number of hydrogen-bond donors (Lipinski definition) is 1. The Morgan fingerprint density at radius 2 is 2.23 bits per heavy atom. The molecule has 1 rings (SSSR count). The minimum atomic E-state index is 0.577. The highest BCUT2D eigenvalue weighted by atomic mass is 14.8. The highest BCUT2D eigenvalue weighted by Crippen LogP contribution is 2.11. The summed E-state index contributed by atoms with van der Waals surface area (Å²) in [6, 6.07) is 0. The van der Waals surface area contributed by atoms with Crippen molar-refractivity contribution in [2.45, 2.75) is 20.3 Å². The molecule has 1 aliphatic carbocycles. The van der Waals surface area contributed by atoms with Gasteiger partial charge in [-0.15, -0.1) is 0 Å². The van der Waals surface area contributed by atoms with E-state index in [0.29, 0.717) is 5.92 Å². The van der Waals surface area contributed by atoms with E-state index in [4.69, 9.17) is 0 Å². The lowest BCUT2D eigenvalue weighted by Crippen LogP contribution is -2.14. The van der Waals surface area contributed by atoms with Gasteiger partial charge in [0.2, 0.25) is 0 Å². The first-order valence-electron chi connectivity index (χ1n) is 5.09. The molecule has 0 aromatic rings. The molecule has 0 aromatic carbocycles. The van der Waals surface area contributed by atoms with Crippen LogP contribution in [0.1, 0.15) is 20.3 Å². The van der Waals surface area contributed by atoms with Crippen molar-refractivity contribution in [1.82, 2.24) is 5.32 Å².